The van der Waals surface area contributed by atoms with Gasteiger partial charge in [0.05, 0.1) is 7.11 Å². The van der Waals surface area contributed by atoms with Crippen molar-refractivity contribution in [3.8, 4) is 0 Å². The lowest BCUT2D eigenvalue weighted by Gasteiger charge is -2.17. The molecule has 1 aromatic rings. The Morgan fingerprint density at radius 2 is 2.35 bits per heavy atom. The molecule has 1 fully saturated rings. The molecule has 1 N–H and O–H groups in total. The monoisotopic (exact) mass is 253 g/mol. The quantitative estimate of drug-likeness (QED) is 0.820. The van der Waals surface area contributed by atoms with Crippen molar-refractivity contribution in [3.05, 3.63) is 22.4 Å². The van der Waals surface area contributed by atoms with Crippen LogP contribution in [-0.2, 0) is 9.53 Å². The van der Waals surface area contributed by atoms with Crippen molar-refractivity contribution >= 4 is 17.3 Å². The van der Waals surface area contributed by atoms with E-state index in [1.165, 1.54) is 32.8 Å². The Hall–Kier alpha value is -0.870. The second-order valence-electron chi connectivity index (χ2n) is 4.48. The highest BCUT2D eigenvalue weighted by atomic mass is 32.1. The summed E-state index contributed by atoms with van der Waals surface area (Å²) in [6, 6.07) is 4.57. The van der Waals surface area contributed by atoms with Crippen LogP contribution in [0, 0.1) is 0 Å². The van der Waals surface area contributed by atoms with Crippen LogP contribution in [0.1, 0.15) is 36.5 Å². The Morgan fingerprint density at radius 3 is 2.94 bits per heavy atom. The molecule has 0 amide bonds. The van der Waals surface area contributed by atoms with E-state index in [-0.39, 0.29) is 11.9 Å². The third-order valence-corrected chi connectivity index (χ3v) is 4.32. The summed E-state index contributed by atoms with van der Waals surface area (Å²) in [5, 5.41) is 5.49. The molecule has 4 heteroatoms. The third-order valence-electron chi connectivity index (χ3n) is 3.34. The molecule has 1 atom stereocenters. The molecule has 0 radical (unpaired) electrons. The Bertz CT molecular complexity index is 344. The van der Waals surface area contributed by atoms with Crippen LogP contribution >= 0.6 is 11.3 Å². The molecule has 2 rings (SSSR count). The molecule has 1 aliphatic carbocycles. The van der Waals surface area contributed by atoms with Gasteiger partial charge < -0.3 is 10.1 Å². The van der Waals surface area contributed by atoms with Crippen LogP contribution in [0.15, 0.2) is 17.5 Å². The molecule has 3 nitrogen and oxygen atoms in total. The maximum atomic E-state index is 11.8. The lowest BCUT2D eigenvalue weighted by Crippen LogP contribution is -2.33. The Kier molecular flexibility index (Phi) is 4.57. The largest absolute Gasteiger partial charge is 0.468 e. The average molecular weight is 253 g/mol. The van der Waals surface area contributed by atoms with Gasteiger partial charge in [-0.05, 0) is 24.3 Å². The summed E-state index contributed by atoms with van der Waals surface area (Å²) in [5.41, 5.74) is 0. The van der Waals surface area contributed by atoms with E-state index in [9.17, 15) is 4.79 Å². The van der Waals surface area contributed by atoms with Gasteiger partial charge in [0.1, 0.15) is 5.92 Å². The third kappa shape index (κ3) is 3.30. The number of ether oxygens (including phenoxy) is 1. The van der Waals surface area contributed by atoms with E-state index in [2.05, 4.69) is 5.32 Å². The number of rotatable bonds is 5. The maximum Gasteiger partial charge on any atom is 0.315 e. The number of nitrogens with one attached hydrogen (secondary N) is 1. The minimum atomic E-state index is -0.152. The van der Waals surface area contributed by atoms with Crippen molar-refractivity contribution in [1.82, 2.24) is 5.32 Å². The molecular formula is C13H19NO2S. The van der Waals surface area contributed by atoms with Crippen LogP contribution < -0.4 is 5.32 Å². The molecule has 94 valence electrons. The molecule has 0 saturated heterocycles. The first-order valence-corrected chi connectivity index (χ1v) is 7.04. The minimum absolute atomic E-state index is 0.141. The molecule has 1 unspecified atom stereocenters. The van der Waals surface area contributed by atoms with Gasteiger partial charge in [-0.25, -0.2) is 0 Å². The first kappa shape index (κ1) is 12.6. The zero-order valence-corrected chi connectivity index (χ0v) is 11.0. The Morgan fingerprint density at radius 1 is 1.59 bits per heavy atom. The van der Waals surface area contributed by atoms with Gasteiger partial charge in [0.2, 0.25) is 0 Å². The number of hydrogen-bond acceptors (Lipinski definition) is 4. The maximum absolute atomic E-state index is 11.8. The second-order valence-corrected chi connectivity index (χ2v) is 5.46. The van der Waals surface area contributed by atoms with E-state index in [0.717, 1.165) is 4.88 Å². The van der Waals surface area contributed by atoms with E-state index in [1.54, 1.807) is 11.3 Å². The fourth-order valence-corrected chi connectivity index (χ4v) is 3.16. The average Bonchev–Trinajstić information content (AvgIpc) is 3.01. The molecular weight excluding hydrogens is 234 g/mol. The van der Waals surface area contributed by atoms with Gasteiger partial charge >= 0.3 is 5.97 Å². The SMILES string of the molecule is COC(=O)C(CNC1CCCC1)c1cccs1. The molecule has 1 saturated carbocycles. The number of esters is 1. The standard InChI is InChI=1S/C13H19NO2S/c1-16-13(15)11(12-7-4-8-17-12)9-14-10-5-2-3-6-10/h4,7-8,10-11,14H,2-3,5-6,9H2,1H3. The van der Waals surface area contributed by atoms with E-state index < -0.39 is 0 Å². The predicted molar refractivity (Wildman–Crippen MR) is 69.3 cm³/mol. The van der Waals surface area contributed by atoms with Gasteiger partial charge in [-0.2, -0.15) is 0 Å². The van der Waals surface area contributed by atoms with Gasteiger partial charge in [0, 0.05) is 17.5 Å². The molecule has 0 aliphatic heterocycles. The van der Waals surface area contributed by atoms with E-state index in [4.69, 9.17) is 4.74 Å². The van der Waals surface area contributed by atoms with Gasteiger partial charge in [-0.1, -0.05) is 18.9 Å². The first-order valence-electron chi connectivity index (χ1n) is 6.16. The molecule has 0 aromatic carbocycles. The highest BCUT2D eigenvalue weighted by Crippen LogP contribution is 2.23. The Labute approximate surface area is 106 Å². The fraction of sp³-hybridized carbons (Fsp3) is 0.615. The van der Waals surface area contributed by atoms with Crippen molar-refractivity contribution in [3.63, 3.8) is 0 Å². The topological polar surface area (TPSA) is 38.3 Å². The van der Waals surface area contributed by atoms with E-state index >= 15 is 0 Å². The first-order chi connectivity index (χ1) is 8.31. The highest BCUT2D eigenvalue weighted by Gasteiger charge is 2.24. The van der Waals surface area contributed by atoms with Crippen molar-refractivity contribution in [1.29, 1.82) is 0 Å². The summed E-state index contributed by atoms with van der Waals surface area (Å²) >= 11 is 1.62. The number of methoxy groups -OCH3 is 1. The minimum Gasteiger partial charge on any atom is -0.468 e. The van der Waals surface area contributed by atoms with Gasteiger partial charge in [-0.3, -0.25) is 4.79 Å². The van der Waals surface area contributed by atoms with Crippen molar-refractivity contribution < 1.29 is 9.53 Å². The van der Waals surface area contributed by atoms with E-state index in [1.807, 2.05) is 17.5 Å². The normalized spacial score (nSPS) is 18.2. The number of hydrogen-bond donors (Lipinski definition) is 1. The van der Waals surface area contributed by atoms with Crippen molar-refractivity contribution in [2.24, 2.45) is 0 Å². The van der Waals surface area contributed by atoms with Crippen LogP contribution in [0.2, 0.25) is 0 Å². The van der Waals surface area contributed by atoms with Crippen LogP contribution in [0.5, 0.6) is 0 Å². The molecule has 0 bridgehead atoms. The smallest absolute Gasteiger partial charge is 0.315 e. The van der Waals surface area contributed by atoms with Crippen molar-refractivity contribution in [2.75, 3.05) is 13.7 Å². The summed E-state index contributed by atoms with van der Waals surface area (Å²) in [7, 11) is 1.46. The number of carbonyl (C=O) groups excluding carboxylic acids is 1. The van der Waals surface area contributed by atoms with Crippen LogP contribution in [0.25, 0.3) is 0 Å². The summed E-state index contributed by atoms with van der Waals surface area (Å²) in [6.07, 6.45) is 5.08. The summed E-state index contributed by atoms with van der Waals surface area (Å²) in [5.74, 6) is -0.293. The molecule has 17 heavy (non-hydrogen) atoms. The summed E-state index contributed by atoms with van der Waals surface area (Å²) < 4.78 is 4.88. The molecule has 1 aromatic heterocycles. The predicted octanol–water partition coefficient (Wildman–Crippen LogP) is 2.54. The molecule has 0 spiro atoms. The van der Waals surface area contributed by atoms with Crippen LogP contribution in [0.4, 0.5) is 0 Å². The number of thiophene rings is 1. The van der Waals surface area contributed by atoms with E-state index in [0.29, 0.717) is 12.6 Å². The number of carbonyl (C=O) groups is 1. The zero-order chi connectivity index (χ0) is 12.1. The highest BCUT2D eigenvalue weighted by molar-refractivity contribution is 7.10. The lowest BCUT2D eigenvalue weighted by atomic mass is 10.1. The van der Waals surface area contributed by atoms with Crippen LogP contribution in [-0.4, -0.2) is 25.7 Å². The Balaban J connectivity index is 1.93. The van der Waals surface area contributed by atoms with Gasteiger partial charge in [0.25, 0.3) is 0 Å². The fourth-order valence-electron chi connectivity index (χ4n) is 2.35. The van der Waals surface area contributed by atoms with Gasteiger partial charge in [-0.15, -0.1) is 11.3 Å². The summed E-state index contributed by atoms with van der Waals surface area (Å²) in [6.45, 7) is 0.692. The second kappa shape index (κ2) is 6.17. The van der Waals surface area contributed by atoms with Crippen molar-refractivity contribution in [2.45, 2.75) is 37.6 Å². The lowest BCUT2D eigenvalue weighted by molar-refractivity contribution is -0.142. The van der Waals surface area contributed by atoms with Gasteiger partial charge in [0.15, 0.2) is 0 Å². The molecule has 1 heterocycles. The summed E-state index contributed by atoms with van der Waals surface area (Å²) in [4.78, 5) is 12.8. The zero-order valence-electron chi connectivity index (χ0n) is 10.1. The van der Waals surface area contributed by atoms with Crippen LogP contribution in [0.3, 0.4) is 0 Å². The molecule has 1 aliphatic rings.